The van der Waals surface area contributed by atoms with Crippen molar-refractivity contribution in [2.45, 2.75) is 121 Å². The highest BCUT2D eigenvalue weighted by molar-refractivity contribution is 5.95. The van der Waals surface area contributed by atoms with Crippen LogP contribution in [0.5, 0.6) is 0 Å². The van der Waals surface area contributed by atoms with Crippen LogP contribution < -0.4 is 0 Å². The molecule has 3 fully saturated rings. The van der Waals surface area contributed by atoms with E-state index >= 15 is 0 Å². The molecule has 1 aromatic carbocycles. The van der Waals surface area contributed by atoms with E-state index < -0.39 is 63.8 Å². The number of fused-ring (bicyclic) bond motifs is 5. The van der Waals surface area contributed by atoms with Gasteiger partial charge in [0.05, 0.1) is 35.1 Å². The van der Waals surface area contributed by atoms with Crippen molar-refractivity contribution in [2.24, 2.45) is 28.6 Å². The summed E-state index contributed by atoms with van der Waals surface area (Å²) in [5, 5.41) is 55.7. The zero-order valence-electron chi connectivity index (χ0n) is 25.5. The van der Waals surface area contributed by atoms with E-state index in [1.165, 1.54) is 0 Å². The van der Waals surface area contributed by atoms with Gasteiger partial charge in [0, 0.05) is 17.3 Å². The summed E-state index contributed by atoms with van der Waals surface area (Å²) < 4.78 is 6.25. The molecule has 0 unspecified atom stereocenters. The summed E-state index contributed by atoms with van der Waals surface area (Å²) in [6, 6.07) is 8.62. The molecule has 42 heavy (non-hydrogen) atoms. The molecular formula is C34H48O8. The van der Waals surface area contributed by atoms with Crippen LogP contribution in [0.1, 0.15) is 96.3 Å². The van der Waals surface area contributed by atoms with Crippen LogP contribution in [0.3, 0.4) is 0 Å². The maximum absolute atomic E-state index is 13.5. The molecule has 5 rings (SSSR count). The number of aliphatic hydroxyl groups excluding tert-OH is 3. The lowest BCUT2D eigenvalue weighted by Gasteiger charge is -2.61. The fourth-order valence-corrected chi connectivity index (χ4v) is 9.27. The van der Waals surface area contributed by atoms with Gasteiger partial charge in [0.1, 0.15) is 5.60 Å². The van der Waals surface area contributed by atoms with Crippen molar-refractivity contribution in [3.05, 3.63) is 47.5 Å². The first-order valence-electron chi connectivity index (χ1n) is 15.5. The number of esters is 1. The highest BCUT2D eigenvalue weighted by Gasteiger charge is 2.70. The quantitative estimate of drug-likeness (QED) is 0.305. The zero-order valence-corrected chi connectivity index (χ0v) is 25.5. The van der Waals surface area contributed by atoms with E-state index in [0.717, 1.165) is 0 Å². The topological polar surface area (TPSA) is 145 Å². The van der Waals surface area contributed by atoms with E-state index in [0.29, 0.717) is 36.8 Å². The molecule has 0 spiro atoms. The predicted octanol–water partition coefficient (Wildman–Crippen LogP) is 3.72. The van der Waals surface area contributed by atoms with E-state index in [9.17, 15) is 35.1 Å². The summed E-state index contributed by atoms with van der Waals surface area (Å²) in [6.45, 7) is 9.08. The Morgan fingerprint density at radius 2 is 1.71 bits per heavy atom. The van der Waals surface area contributed by atoms with Gasteiger partial charge in [-0.1, -0.05) is 32.0 Å². The van der Waals surface area contributed by atoms with Gasteiger partial charge in [0.2, 0.25) is 0 Å². The Kier molecular flexibility index (Phi) is 7.84. The number of carbonyl (C=O) groups excluding carboxylic acids is 2. The van der Waals surface area contributed by atoms with Crippen LogP contribution in [-0.4, -0.2) is 72.4 Å². The fourth-order valence-electron chi connectivity index (χ4n) is 9.27. The number of hydrogen-bond acceptors (Lipinski definition) is 8. The van der Waals surface area contributed by atoms with Crippen molar-refractivity contribution < 1.29 is 39.9 Å². The monoisotopic (exact) mass is 584 g/mol. The van der Waals surface area contributed by atoms with Gasteiger partial charge in [-0.25, -0.2) is 4.79 Å². The van der Waals surface area contributed by atoms with E-state index in [2.05, 4.69) is 0 Å². The SMILES string of the molecule is CC(C)(O)CC[C@@H](O)[C@](C)(OC(=O)c1ccccc1)[C@H]1CC[C@@]2(O)C3=CC(=O)[C@H]4C[C@@H](O)[C@@H](O)C[C@]4(C)[C@H]3CC[C@]12C. The van der Waals surface area contributed by atoms with Gasteiger partial charge in [0.25, 0.3) is 0 Å². The molecule has 4 aliphatic carbocycles. The van der Waals surface area contributed by atoms with Gasteiger partial charge in [0.15, 0.2) is 5.78 Å². The maximum atomic E-state index is 13.5. The summed E-state index contributed by atoms with van der Waals surface area (Å²) in [5.74, 6) is -1.70. The minimum Gasteiger partial charge on any atom is -0.453 e. The van der Waals surface area contributed by atoms with Crippen LogP contribution in [-0.2, 0) is 9.53 Å². The number of benzene rings is 1. The van der Waals surface area contributed by atoms with E-state index in [1.54, 1.807) is 57.2 Å². The molecule has 232 valence electrons. The zero-order chi connectivity index (χ0) is 30.9. The molecule has 10 atom stereocenters. The Bertz CT molecular complexity index is 1240. The highest BCUT2D eigenvalue weighted by Crippen LogP contribution is 2.69. The Morgan fingerprint density at radius 1 is 1.05 bits per heavy atom. The second-order valence-corrected chi connectivity index (χ2v) is 14.9. The first-order valence-corrected chi connectivity index (χ1v) is 15.5. The van der Waals surface area contributed by atoms with Gasteiger partial charge >= 0.3 is 5.97 Å². The highest BCUT2D eigenvalue weighted by atomic mass is 16.6. The molecule has 0 saturated heterocycles. The summed E-state index contributed by atoms with van der Waals surface area (Å²) in [5.41, 5.74) is -4.17. The average Bonchev–Trinajstić information content (AvgIpc) is 3.20. The second kappa shape index (κ2) is 10.5. The smallest absolute Gasteiger partial charge is 0.338 e. The molecule has 0 bridgehead atoms. The third-order valence-corrected chi connectivity index (χ3v) is 11.8. The largest absolute Gasteiger partial charge is 0.453 e. The van der Waals surface area contributed by atoms with Gasteiger partial charge in [-0.2, -0.15) is 0 Å². The van der Waals surface area contributed by atoms with Crippen LogP contribution >= 0.6 is 0 Å². The Balaban J connectivity index is 1.53. The van der Waals surface area contributed by atoms with Crippen molar-refractivity contribution in [3.63, 3.8) is 0 Å². The van der Waals surface area contributed by atoms with Gasteiger partial charge in [-0.15, -0.1) is 0 Å². The molecular weight excluding hydrogens is 536 g/mol. The van der Waals surface area contributed by atoms with Crippen molar-refractivity contribution in [1.29, 1.82) is 0 Å². The van der Waals surface area contributed by atoms with E-state index in [-0.39, 0.29) is 37.4 Å². The minimum absolute atomic E-state index is 0.126. The van der Waals surface area contributed by atoms with Gasteiger partial charge in [-0.3, -0.25) is 4.79 Å². The molecule has 4 aliphatic rings. The van der Waals surface area contributed by atoms with Crippen LogP contribution in [0, 0.1) is 28.6 Å². The fraction of sp³-hybridized carbons (Fsp3) is 0.706. The summed E-state index contributed by atoms with van der Waals surface area (Å²) in [6.07, 6.45) is 1.61. The predicted molar refractivity (Wildman–Crippen MR) is 156 cm³/mol. The maximum Gasteiger partial charge on any atom is 0.338 e. The molecule has 0 radical (unpaired) electrons. The Hall–Kier alpha value is -2.10. The molecule has 0 amide bonds. The molecule has 1 aromatic rings. The summed E-state index contributed by atoms with van der Waals surface area (Å²) in [7, 11) is 0. The Morgan fingerprint density at radius 3 is 2.36 bits per heavy atom. The standard InChI is InChI=1S/C34H48O8/c1-30(2,40)14-13-28(38)33(5,42-29(39)20-9-7-6-8-10-20)27-12-16-34(41)22-17-24(35)23-18-25(36)26(37)19-31(23,3)21(22)11-15-32(27,34)4/h6-10,17,21,23,25-28,36-38,40-41H,11-16,18-19H2,1-5H3/t21-,23+,25+,26-,27-,28+,31+,32+,33+,34+/m0/s1. The number of rotatable bonds is 7. The van der Waals surface area contributed by atoms with Crippen molar-refractivity contribution >= 4 is 11.8 Å². The van der Waals surface area contributed by atoms with E-state index in [4.69, 9.17) is 4.74 Å². The number of carbonyl (C=O) groups is 2. The van der Waals surface area contributed by atoms with Gasteiger partial charge < -0.3 is 30.3 Å². The van der Waals surface area contributed by atoms with E-state index in [1.807, 2.05) is 13.8 Å². The number of ether oxygens (including phenoxy) is 1. The first-order chi connectivity index (χ1) is 19.5. The second-order valence-electron chi connectivity index (χ2n) is 14.9. The Labute approximate surface area is 248 Å². The lowest BCUT2D eigenvalue weighted by Crippen LogP contribution is -2.63. The van der Waals surface area contributed by atoms with Crippen molar-refractivity contribution in [2.75, 3.05) is 0 Å². The molecule has 3 saturated carbocycles. The average molecular weight is 585 g/mol. The number of hydrogen-bond donors (Lipinski definition) is 5. The third-order valence-electron chi connectivity index (χ3n) is 11.8. The molecule has 8 heteroatoms. The number of aliphatic hydroxyl groups is 5. The van der Waals surface area contributed by atoms with Crippen LogP contribution in [0.15, 0.2) is 42.0 Å². The lowest BCUT2D eigenvalue weighted by atomic mass is 9.45. The summed E-state index contributed by atoms with van der Waals surface area (Å²) in [4.78, 5) is 27.0. The molecule has 0 heterocycles. The van der Waals surface area contributed by atoms with Gasteiger partial charge in [-0.05, 0) is 107 Å². The molecule has 0 aliphatic heterocycles. The normalized spacial score (nSPS) is 40.2. The lowest BCUT2D eigenvalue weighted by molar-refractivity contribution is -0.178. The summed E-state index contributed by atoms with van der Waals surface area (Å²) >= 11 is 0. The number of ketones is 1. The first kappa shape index (κ1) is 31.3. The van der Waals surface area contributed by atoms with Crippen LogP contribution in [0.4, 0.5) is 0 Å². The van der Waals surface area contributed by atoms with Crippen molar-refractivity contribution in [3.8, 4) is 0 Å². The minimum atomic E-state index is -1.39. The molecule has 8 nitrogen and oxygen atoms in total. The van der Waals surface area contributed by atoms with Crippen LogP contribution in [0.25, 0.3) is 0 Å². The third kappa shape index (κ3) is 4.87. The van der Waals surface area contributed by atoms with Crippen LogP contribution in [0.2, 0.25) is 0 Å². The van der Waals surface area contributed by atoms with Crippen molar-refractivity contribution in [1.82, 2.24) is 0 Å². The number of allylic oxidation sites excluding steroid dienone is 1. The molecule has 5 N–H and O–H groups in total. The molecule has 0 aromatic heterocycles.